The fourth-order valence-corrected chi connectivity index (χ4v) is 2.65. The number of hydrogen-bond acceptors (Lipinski definition) is 5. The van der Waals surface area contributed by atoms with Gasteiger partial charge in [-0.2, -0.15) is 0 Å². The third-order valence-corrected chi connectivity index (χ3v) is 3.99. The lowest BCUT2D eigenvalue weighted by atomic mass is 9.90. The normalized spacial score (nSPS) is 13.1. The molecule has 138 valence electrons. The summed E-state index contributed by atoms with van der Waals surface area (Å²) in [5.41, 5.74) is 1.34. The van der Waals surface area contributed by atoms with Gasteiger partial charge in [0, 0.05) is 11.1 Å². The molecule has 0 saturated carbocycles. The molecule has 3 aromatic rings. The molecule has 0 saturated heterocycles. The van der Waals surface area contributed by atoms with Crippen LogP contribution in [0.5, 0.6) is 0 Å². The van der Waals surface area contributed by atoms with Gasteiger partial charge in [-0.3, -0.25) is 9.59 Å². The first kappa shape index (κ1) is 18.2. The lowest BCUT2D eigenvalue weighted by Gasteiger charge is -2.16. The Hall–Kier alpha value is -3.55. The van der Waals surface area contributed by atoms with Crippen molar-refractivity contribution in [3.63, 3.8) is 0 Å². The molecule has 0 aliphatic heterocycles. The van der Waals surface area contributed by atoms with Gasteiger partial charge >= 0.3 is 0 Å². The average molecular weight is 365 g/mol. The molecule has 2 aromatic heterocycles. The van der Waals surface area contributed by atoms with E-state index in [4.69, 9.17) is 0 Å². The van der Waals surface area contributed by atoms with E-state index in [1.54, 1.807) is 24.5 Å². The standard InChI is InChI=1S/C19H19N5O3/c1-19(2,3)16-13(20-10-21-16)9-15-18(26)22-14(17(25)23-15)8-11-4-6-12(24-27)7-5-11/h4-10H,1-3H3,(H,20,21)(H,22,26)(H,23,25)/b14-8-,15-9-. The van der Waals surface area contributed by atoms with Crippen LogP contribution >= 0.6 is 0 Å². The molecule has 0 bridgehead atoms. The van der Waals surface area contributed by atoms with Crippen molar-refractivity contribution >= 4 is 17.8 Å². The molecule has 8 nitrogen and oxygen atoms in total. The van der Waals surface area contributed by atoms with Crippen molar-refractivity contribution in [2.45, 2.75) is 26.2 Å². The summed E-state index contributed by atoms with van der Waals surface area (Å²) in [6.07, 6.45) is 4.62. The Bertz CT molecular complexity index is 1210. The summed E-state index contributed by atoms with van der Waals surface area (Å²) < 4.78 is 0. The first-order valence-corrected chi connectivity index (χ1v) is 8.31. The summed E-state index contributed by atoms with van der Waals surface area (Å²) in [5, 5.41) is 3.05. The Kier molecular flexibility index (Phi) is 4.72. The number of imidazole rings is 1. The van der Waals surface area contributed by atoms with E-state index in [0.29, 0.717) is 11.3 Å². The van der Waals surface area contributed by atoms with Crippen molar-refractivity contribution in [1.29, 1.82) is 0 Å². The molecule has 1 aromatic carbocycles. The topological polar surface area (TPSA) is 124 Å². The molecule has 3 rings (SSSR count). The van der Waals surface area contributed by atoms with Gasteiger partial charge in [-0.05, 0) is 35.0 Å². The molecular weight excluding hydrogens is 346 g/mol. The fraction of sp³-hybridized carbons (Fsp3) is 0.211. The van der Waals surface area contributed by atoms with Crippen LogP contribution in [0.2, 0.25) is 0 Å². The van der Waals surface area contributed by atoms with E-state index in [1.165, 1.54) is 18.2 Å². The Balaban J connectivity index is 2.09. The van der Waals surface area contributed by atoms with Crippen molar-refractivity contribution in [2.75, 3.05) is 0 Å². The number of nitrogens with one attached hydrogen (secondary N) is 3. The van der Waals surface area contributed by atoms with E-state index in [9.17, 15) is 14.5 Å². The minimum atomic E-state index is -0.439. The fourth-order valence-electron chi connectivity index (χ4n) is 2.65. The highest BCUT2D eigenvalue weighted by Gasteiger charge is 2.19. The van der Waals surface area contributed by atoms with Gasteiger partial charge in [-0.25, -0.2) is 4.98 Å². The predicted molar refractivity (Wildman–Crippen MR) is 103 cm³/mol. The number of H-pyrrole nitrogens is 3. The van der Waals surface area contributed by atoms with Gasteiger partial charge in [0.1, 0.15) is 16.4 Å². The van der Waals surface area contributed by atoms with E-state index in [-0.39, 0.29) is 21.8 Å². The van der Waals surface area contributed by atoms with Gasteiger partial charge in [-0.15, -0.1) is 4.91 Å². The Morgan fingerprint density at radius 2 is 1.56 bits per heavy atom. The van der Waals surface area contributed by atoms with Crippen LogP contribution in [0.4, 0.5) is 5.69 Å². The van der Waals surface area contributed by atoms with Gasteiger partial charge in [0.05, 0.1) is 12.0 Å². The first-order valence-electron chi connectivity index (χ1n) is 8.31. The summed E-state index contributed by atoms with van der Waals surface area (Å²) in [4.78, 5) is 47.7. The number of benzene rings is 1. The third kappa shape index (κ3) is 4.00. The zero-order chi connectivity index (χ0) is 19.6. The summed E-state index contributed by atoms with van der Waals surface area (Å²) >= 11 is 0. The van der Waals surface area contributed by atoms with Gasteiger partial charge < -0.3 is 15.0 Å². The van der Waals surface area contributed by atoms with Crippen LogP contribution in [0.15, 0.2) is 45.4 Å². The summed E-state index contributed by atoms with van der Waals surface area (Å²) in [6.45, 7) is 6.07. The van der Waals surface area contributed by atoms with Crippen LogP contribution < -0.4 is 21.8 Å². The molecular formula is C19H19N5O3. The van der Waals surface area contributed by atoms with Gasteiger partial charge in [-0.1, -0.05) is 32.9 Å². The third-order valence-electron chi connectivity index (χ3n) is 3.99. The molecule has 0 fully saturated rings. The lowest BCUT2D eigenvalue weighted by molar-refractivity contribution is 0.571. The van der Waals surface area contributed by atoms with Crippen LogP contribution in [0, 0.1) is 4.91 Å². The van der Waals surface area contributed by atoms with E-state index in [1.807, 2.05) is 20.8 Å². The molecule has 8 heteroatoms. The molecule has 3 N–H and O–H groups in total. The smallest absolute Gasteiger partial charge is 0.272 e. The Morgan fingerprint density at radius 1 is 0.963 bits per heavy atom. The van der Waals surface area contributed by atoms with E-state index in [2.05, 4.69) is 25.1 Å². The van der Waals surface area contributed by atoms with Crippen LogP contribution in [0.25, 0.3) is 12.2 Å². The SMILES string of the molecule is CC(C)(C)c1[nH]cnc1/C=c1\[nH]c(=O)/c(=C/c2ccc(N=O)cc2)[nH]c1=O. The number of rotatable bonds is 3. The largest absolute Gasteiger partial charge is 0.348 e. The second-order valence-corrected chi connectivity index (χ2v) is 7.12. The number of nitrogens with zero attached hydrogens (tertiary/aromatic N) is 2. The number of hydrogen-bond donors (Lipinski definition) is 3. The molecule has 0 radical (unpaired) electrons. The van der Waals surface area contributed by atoms with Crippen molar-refractivity contribution in [1.82, 2.24) is 19.9 Å². The van der Waals surface area contributed by atoms with Crippen LogP contribution in [-0.2, 0) is 5.41 Å². The number of aromatic nitrogens is 4. The van der Waals surface area contributed by atoms with Crippen LogP contribution in [-0.4, -0.2) is 19.9 Å². The molecule has 0 aliphatic carbocycles. The highest BCUT2D eigenvalue weighted by molar-refractivity contribution is 5.52. The van der Waals surface area contributed by atoms with Gasteiger partial charge in [0.2, 0.25) is 0 Å². The van der Waals surface area contributed by atoms with Gasteiger partial charge in [0.15, 0.2) is 0 Å². The highest BCUT2D eigenvalue weighted by Crippen LogP contribution is 2.22. The monoisotopic (exact) mass is 365 g/mol. The van der Waals surface area contributed by atoms with E-state index in [0.717, 1.165) is 5.69 Å². The Morgan fingerprint density at radius 3 is 2.11 bits per heavy atom. The zero-order valence-electron chi connectivity index (χ0n) is 15.2. The van der Waals surface area contributed by atoms with Crippen LogP contribution in [0.3, 0.4) is 0 Å². The zero-order valence-corrected chi connectivity index (χ0v) is 15.2. The predicted octanol–water partition coefficient (Wildman–Crippen LogP) is 1.14. The lowest BCUT2D eigenvalue weighted by Crippen LogP contribution is -2.46. The number of nitroso groups, excluding NO2 is 1. The minimum Gasteiger partial charge on any atom is -0.348 e. The van der Waals surface area contributed by atoms with E-state index >= 15 is 0 Å². The molecule has 0 atom stereocenters. The molecule has 0 spiro atoms. The maximum atomic E-state index is 12.4. The average Bonchev–Trinajstić information content (AvgIpc) is 3.08. The van der Waals surface area contributed by atoms with Crippen molar-refractivity contribution in [3.8, 4) is 0 Å². The molecule has 0 unspecified atom stereocenters. The van der Waals surface area contributed by atoms with Crippen molar-refractivity contribution < 1.29 is 0 Å². The highest BCUT2D eigenvalue weighted by atomic mass is 16.3. The maximum Gasteiger partial charge on any atom is 0.272 e. The maximum absolute atomic E-state index is 12.4. The van der Waals surface area contributed by atoms with Crippen molar-refractivity contribution in [3.05, 3.63) is 83.9 Å². The second-order valence-electron chi connectivity index (χ2n) is 7.12. The molecule has 27 heavy (non-hydrogen) atoms. The molecule has 0 amide bonds. The van der Waals surface area contributed by atoms with Gasteiger partial charge in [0.25, 0.3) is 11.1 Å². The van der Waals surface area contributed by atoms with E-state index < -0.39 is 11.1 Å². The van der Waals surface area contributed by atoms with Crippen molar-refractivity contribution in [2.24, 2.45) is 5.18 Å². The quantitative estimate of drug-likeness (QED) is 0.602. The second kappa shape index (κ2) is 6.99. The molecule has 2 heterocycles. The molecule has 0 aliphatic rings. The first-order chi connectivity index (χ1) is 12.8. The Labute approximate surface area is 153 Å². The van der Waals surface area contributed by atoms with Crippen LogP contribution in [0.1, 0.15) is 37.7 Å². The summed E-state index contributed by atoms with van der Waals surface area (Å²) in [5.74, 6) is 0. The number of aromatic amines is 3. The minimum absolute atomic E-state index is 0.113. The summed E-state index contributed by atoms with van der Waals surface area (Å²) in [7, 11) is 0. The summed E-state index contributed by atoms with van der Waals surface area (Å²) in [6, 6.07) is 6.32.